The highest BCUT2D eigenvalue weighted by Crippen LogP contribution is 2.22. The summed E-state index contributed by atoms with van der Waals surface area (Å²) in [4.78, 5) is 13.1. The van der Waals surface area contributed by atoms with E-state index >= 15 is 0 Å². The minimum atomic E-state index is -0.169. The van der Waals surface area contributed by atoms with Gasteiger partial charge in [0.2, 0.25) is 0 Å². The molecule has 4 nitrogen and oxygen atoms in total. The third-order valence-electron chi connectivity index (χ3n) is 2.65. The average Bonchev–Trinajstić information content (AvgIpc) is 2.85. The van der Waals surface area contributed by atoms with E-state index in [1.165, 1.54) is 0 Å². The lowest BCUT2D eigenvalue weighted by atomic mass is 10.2. The number of hydrogen-bond acceptors (Lipinski definition) is 3. The van der Waals surface area contributed by atoms with Gasteiger partial charge in [0.1, 0.15) is 0 Å². The minimum absolute atomic E-state index is 0.169. The molecule has 1 amide bonds. The summed E-state index contributed by atoms with van der Waals surface area (Å²) in [6.45, 7) is 1.10. The van der Waals surface area contributed by atoms with Crippen LogP contribution in [0.1, 0.15) is 10.4 Å². The Kier molecular flexibility index (Phi) is 5.51. The quantitative estimate of drug-likeness (QED) is 0.815. The van der Waals surface area contributed by atoms with Gasteiger partial charge in [-0.25, -0.2) is 0 Å². The number of halogens is 2. The van der Waals surface area contributed by atoms with Gasteiger partial charge < -0.3 is 5.32 Å². The van der Waals surface area contributed by atoms with Crippen molar-refractivity contribution >= 4 is 45.2 Å². The SMILES string of the molecule is CSc1ccc(Cl)c(C(=O)NCCn2cc(Br)cn2)c1. The van der Waals surface area contributed by atoms with Crippen molar-refractivity contribution in [3.05, 3.63) is 45.7 Å². The average molecular weight is 375 g/mol. The van der Waals surface area contributed by atoms with E-state index in [1.807, 2.05) is 18.5 Å². The molecule has 1 N–H and O–H groups in total. The molecule has 0 aliphatic rings. The van der Waals surface area contributed by atoms with Crippen LogP contribution in [0.5, 0.6) is 0 Å². The molecule has 1 aromatic carbocycles. The zero-order valence-corrected chi connectivity index (χ0v) is 13.9. The van der Waals surface area contributed by atoms with E-state index in [1.54, 1.807) is 34.8 Å². The molecule has 7 heteroatoms. The van der Waals surface area contributed by atoms with E-state index in [4.69, 9.17) is 11.6 Å². The first-order chi connectivity index (χ1) is 9.60. The monoisotopic (exact) mass is 373 g/mol. The summed E-state index contributed by atoms with van der Waals surface area (Å²) in [5, 5.41) is 7.42. The van der Waals surface area contributed by atoms with Gasteiger partial charge in [0.25, 0.3) is 5.91 Å². The predicted octanol–water partition coefficient (Wildman–Crippen LogP) is 3.45. The molecule has 0 radical (unpaired) electrons. The maximum absolute atomic E-state index is 12.1. The minimum Gasteiger partial charge on any atom is -0.350 e. The van der Waals surface area contributed by atoms with Crippen molar-refractivity contribution in [2.45, 2.75) is 11.4 Å². The Morgan fingerprint density at radius 2 is 2.35 bits per heavy atom. The van der Waals surface area contributed by atoms with Crippen LogP contribution >= 0.6 is 39.3 Å². The van der Waals surface area contributed by atoms with Crippen molar-refractivity contribution in [1.29, 1.82) is 0 Å². The first-order valence-corrected chi connectivity index (χ1v) is 8.29. The Balaban J connectivity index is 1.94. The lowest BCUT2D eigenvalue weighted by molar-refractivity contribution is 0.0952. The first-order valence-electron chi connectivity index (χ1n) is 5.90. The number of carbonyl (C=O) groups is 1. The Hall–Kier alpha value is -0.980. The Morgan fingerprint density at radius 3 is 3.00 bits per heavy atom. The molecule has 1 heterocycles. The highest BCUT2D eigenvalue weighted by Gasteiger charge is 2.10. The van der Waals surface area contributed by atoms with Gasteiger partial charge in [-0.3, -0.25) is 9.48 Å². The number of hydrogen-bond donors (Lipinski definition) is 1. The molecule has 0 unspecified atom stereocenters. The molecule has 0 spiro atoms. The van der Waals surface area contributed by atoms with E-state index in [0.29, 0.717) is 23.7 Å². The van der Waals surface area contributed by atoms with Crippen LogP contribution in [0.25, 0.3) is 0 Å². The molecule has 0 saturated heterocycles. The third-order valence-corrected chi connectivity index (χ3v) is 4.11. The fourth-order valence-electron chi connectivity index (χ4n) is 1.65. The Labute approximate surface area is 135 Å². The van der Waals surface area contributed by atoms with E-state index in [2.05, 4.69) is 26.3 Å². The van der Waals surface area contributed by atoms with Crippen molar-refractivity contribution in [3.63, 3.8) is 0 Å². The van der Waals surface area contributed by atoms with E-state index < -0.39 is 0 Å². The molecule has 0 aliphatic heterocycles. The van der Waals surface area contributed by atoms with E-state index in [9.17, 15) is 4.79 Å². The van der Waals surface area contributed by atoms with Crippen LogP contribution in [0.3, 0.4) is 0 Å². The first kappa shape index (κ1) is 15.4. The number of carbonyl (C=O) groups excluding carboxylic acids is 1. The molecule has 20 heavy (non-hydrogen) atoms. The molecule has 106 valence electrons. The highest BCUT2D eigenvalue weighted by molar-refractivity contribution is 9.10. The number of benzene rings is 1. The van der Waals surface area contributed by atoms with E-state index in [0.717, 1.165) is 9.37 Å². The highest BCUT2D eigenvalue weighted by atomic mass is 79.9. The zero-order chi connectivity index (χ0) is 14.5. The van der Waals surface area contributed by atoms with Gasteiger partial charge in [0.05, 0.1) is 27.8 Å². The molecule has 2 aromatic rings. The second kappa shape index (κ2) is 7.15. The molecular weight excluding hydrogens is 362 g/mol. The van der Waals surface area contributed by atoms with Crippen molar-refractivity contribution in [3.8, 4) is 0 Å². The third kappa shape index (κ3) is 4.01. The van der Waals surface area contributed by atoms with Crippen LogP contribution in [-0.4, -0.2) is 28.5 Å². The molecule has 0 aliphatic carbocycles. The van der Waals surface area contributed by atoms with Gasteiger partial charge in [0.15, 0.2) is 0 Å². The molecular formula is C13H13BrClN3OS. The standard InChI is InChI=1S/C13H13BrClN3OS/c1-20-10-2-3-12(15)11(6-10)13(19)16-4-5-18-8-9(14)7-17-18/h2-3,6-8H,4-5H2,1H3,(H,16,19). The Bertz CT molecular complexity index is 617. The van der Waals surface area contributed by atoms with Gasteiger partial charge in [-0.2, -0.15) is 5.10 Å². The number of thioether (sulfide) groups is 1. The summed E-state index contributed by atoms with van der Waals surface area (Å²) in [7, 11) is 0. The second-order valence-corrected chi connectivity index (χ2v) is 6.23. The molecule has 0 bridgehead atoms. The molecule has 2 rings (SSSR count). The summed E-state index contributed by atoms with van der Waals surface area (Å²) in [5.41, 5.74) is 0.500. The molecule has 0 saturated carbocycles. The van der Waals surface area contributed by atoms with Crippen molar-refractivity contribution in [2.24, 2.45) is 0 Å². The van der Waals surface area contributed by atoms with Crippen LogP contribution in [0, 0.1) is 0 Å². The van der Waals surface area contributed by atoms with Gasteiger partial charge in [0, 0.05) is 17.6 Å². The maximum Gasteiger partial charge on any atom is 0.252 e. The van der Waals surface area contributed by atoms with Crippen LogP contribution < -0.4 is 5.32 Å². The van der Waals surface area contributed by atoms with Gasteiger partial charge in [-0.05, 0) is 40.4 Å². The van der Waals surface area contributed by atoms with Crippen LogP contribution in [-0.2, 0) is 6.54 Å². The van der Waals surface area contributed by atoms with Crippen molar-refractivity contribution < 1.29 is 4.79 Å². The summed E-state index contributed by atoms with van der Waals surface area (Å²) in [6, 6.07) is 5.44. The van der Waals surface area contributed by atoms with Crippen molar-refractivity contribution in [1.82, 2.24) is 15.1 Å². The number of aromatic nitrogens is 2. The van der Waals surface area contributed by atoms with Gasteiger partial charge in [-0.15, -0.1) is 11.8 Å². The second-order valence-electron chi connectivity index (χ2n) is 4.02. The van der Waals surface area contributed by atoms with Gasteiger partial charge in [-0.1, -0.05) is 11.6 Å². The number of nitrogens with one attached hydrogen (secondary N) is 1. The molecule has 0 atom stereocenters. The normalized spacial score (nSPS) is 10.6. The van der Waals surface area contributed by atoms with E-state index in [-0.39, 0.29) is 5.91 Å². The number of rotatable bonds is 5. The van der Waals surface area contributed by atoms with Crippen LogP contribution in [0.4, 0.5) is 0 Å². The summed E-state index contributed by atoms with van der Waals surface area (Å²) >= 11 is 11.0. The zero-order valence-electron chi connectivity index (χ0n) is 10.8. The number of nitrogens with zero attached hydrogens (tertiary/aromatic N) is 2. The Morgan fingerprint density at radius 1 is 1.55 bits per heavy atom. The largest absolute Gasteiger partial charge is 0.350 e. The smallest absolute Gasteiger partial charge is 0.252 e. The number of amides is 1. The topological polar surface area (TPSA) is 46.9 Å². The lowest BCUT2D eigenvalue weighted by Gasteiger charge is -2.08. The van der Waals surface area contributed by atoms with Crippen LogP contribution in [0.2, 0.25) is 5.02 Å². The van der Waals surface area contributed by atoms with Crippen LogP contribution in [0.15, 0.2) is 40.0 Å². The summed E-state index contributed by atoms with van der Waals surface area (Å²) in [5.74, 6) is -0.169. The lowest BCUT2D eigenvalue weighted by Crippen LogP contribution is -2.27. The van der Waals surface area contributed by atoms with Crippen molar-refractivity contribution in [2.75, 3.05) is 12.8 Å². The molecule has 0 fully saturated rings. The summed E-state index contributed by atoms with van der Waals surface area (Å²) < 4.78 is 2.67. The predicted molar refractivity (Wildman–Crippen MR) is 85.5 cm³/mol. The molecule has 1 aromatic heterocycles. The maximum atomic E-state index is 12.1. The fraction of sp³-hybridized carbons (Fsp3) is 0.231. The summed E-state index contributed by atoms with van der Waals surface area (Å²) in [6.07, 6.45) is 5.52. The van der Waals surface area contributed by atoms with Gasteiger partial charge >= 0.3 is 0 Å². The fourth-order valence-corrected chi connectivity index (χ4v) is 2.62.